The molecular formula is C29H34N8O3. The molecule has 0 spiro atoms. The maximum Gasteiger partial charge on any atom is 0.278 e. The molecule has 5 heterocycles. The molecule has 2 aliphatic heterocycles. The fourth-order valence-electron chi connectivity index (χ4n) is 5.39. The molecule has 3 N–H and O–H groups in total. The summed E-state index contributed by atoms with van der Waals surface area (Å²) in [5.74, 6) is 0.807. The predicted molar refractivity (Wildman–Crippen MR) is 154 cm³/mol. The van der Waals surface area contributed by atoms with Crippen LogP contribution in [0.5, 0.6) is 0 Å². The average molecular weight is 543 g/mol. The van der Waals surface area contributed by atoms with Gasteiger partial charge in [-0.1, -0.05) is 18.2 Å². The van der Waals surface area contributed by atoms with Gasteiger partial charge in [0.1, 0.15) is 11.0 Å². The van der Waals surface area contributed by atoms with E-state index in [9.17, 15) is 15.0 Å². The second-order valence-electron chi connectivity index (χ2n) is 10.7. The molecule has 0 unspecified atom stereocenters. The fraction of sp³-hybridized carbons (Fsp3) is 0.379. The van der Waals surface area contributed by atoms with Gasteiger partial charge < -0.3 is 25.3 Å². The first-order valence-electron chi connectivity index (χ1n) is 13.6. The summed E-state index contributed by atoms with van der Waals surface area (Å²) in [6, 6.07) is 11.3. The predicted octanol–water partition coefficient (Wildman–Crippen LogP) is 2.52. The highest BCUT2D eigenvalue weighted by Gasteiger charge is 2.26. The summed E-state index contributed by atoms with van der Waals surface area (Å²) in [7, 11) is 2.12. The molecule has 6 rings (SSSR count). The fourth-order valence-corrected chi connectivity index (χ4v) is 5.39. The van der Waals surface area contributed by atoms with Gasteiger partial charge in [-0.3, -0.25) is 4.79 Å². The molecule has 0 saturated carbocycles. The van der Waals surface area contributed by atoms with Gasteiger partial charge in [-0.15, -0.1) is 0 Å². The molecular weight excluding hydrogens is 508 g/mol. The highest BCUT2D eigenvalue weighted by molar-refractivity contribution is 5.77. The van der Waals surface area contributed by atoms with Gasteiger partial charge in [0.05, 0.1) is 18.8 Å². The van der Waals surface area contributed by atoms with Crippen LogP contribution in [0.15, 0.2) is 59.5 Å². The molecule has 3 aromatic heterocycles. The minimum atomic E-state index is -1.11. The molecule has 11 heteroatoms. The van der Waals surface area contributed by atoms with Crippen molar-refractivity contribution < 1.29 is 10.2 Å². The van der Waals surface area contributed by atoms with Crippen LogP contribution in [-0.2, 0) is 18.8 Å². The summed E-state index contributed by atoms with van der Waals surface area (Å²) in [6.45, 7) is 5.77. The van der Waals surface area contributed by atoms with Gasteiger partial charge in [-0.2, -0.15) is 4.98 Å². The number of likely N-dealkylation sites (N-methyl/N-ethyl adjacent to an activating group) is 1. The van der Waals surface area contributed by atoms with Gasteiger partial charge in [0.15, 0.2) is 11.5 Å². The SMILES string of the molecule is CN1CCN(c2ccc(Nc3ncc4c(=O)n5n(c4n3)-c3cccc(n3)[C@](C)(O)CC/C=C\C5)cc2CO)CC1. The molecule has 1 atom stereocenters. The van der Waals surface area contributed by atoms with Crippen molar-refractivity contribution in [1.29, 1.82) is 0 Å². The Bertz CT molecular complexity index is 1630. The van der Waals surface area contributed by atoms with Crippen LogP contribution in [0, 0.1) is 0 Å². The summed E-state index contributed by atoms with van der Waals surface area (Å²) >= 11 is 0. The number of hydrogen-bond donors (Lipinski definition) is 3. The number of allylic oxidation sites excluding steroid dienone is 2. The van der Waals surface area contributed by atoms with Crippen molar-refractivity contribution in [2.24, 2.45) is 0 Å². The molecule has 0 radical (unpaired) electrons. The van der Waals surface area contributed by atoms with E-state index >= 15 is 0 Å². The van der Waals surface area contributed by atoms with Gasteiger partial charge in [-0.25, -0.2) is 19.3 Å². The van der Waals surface area contributed by atoms with Crippen molar-refractivity contribution in [3.8, 4) is 5.82 Å². The summed E-state index contributed by atoms with van der Waals surface area (Å²) in [5.41, 5.74) is 2.20. The van der Waals surface area contributed by atoms with E-state index in [1.807, 2.05) is 36.4 Å². The zero-order chi connectivity index (χ0) is 27.9. The lowest BCUT2D eigenvalue weighted by molar-refractivity contribution is 0.0443. The number of aliphatic hydroxyl groups excluding tert-OH is 1. The Kier molecular flexibility index (Phi) is 6.87. The van der Waals surface area contributed by atoms with E-state index in [1.54, 1.807) is 28.4 Å². The highest BCUT2D eigenvalue weighted by Crippen LogP contribution is 2.28. The molecule has 2 bridgehead atoms. The van der Waals surface area contributed by atoms with Gasteiger partial charge in [0, 0.05) is 49.3 Å². The topological polar surface area (TPSA) is 125 Å². The summed E-state index contributed by atoms with van der Waals surface area (Å²) in [5, 5.41) is 24.8. The summed E-state index contributed by atoms with van der Waals surface area (Å²) in [6.07, 6.45) is 6.60. The third-order valence-electron chi connectivity index (χ3n) is 7.77. The first-order valence-corrected chi connectivity index (χ1v) is 13.6. The van der Waals surface area contributed by atoms with E-state index < -0.39 is 5.60 Å². The molecule has 11 nitrogen and oxygen atoms in total. The Morgan fingerprint density at radius 1 is 1.07 bits per heavy atom. The van der Waals surface area contributed by atoms with Gasteiger partial charge in [-0.05, 0) is 57.1 Å². The van der Waals surface area contributed by atoms with Gasteiger partial charge in [0.25, 0.3) is 5.56 Å². The van der Waals surface area contributed by atoms with E-state index in [4.69, 9.17) is 9.97 Å². The lowest BCUT2D eigenvalue weighted by atomic mass is 9.95. The normalized spacial score (nSPS) is 20.6. The summed E-state index contributed by atoms with van der Waals surface area (Å²) in [4.78, 5) is 31.9. The standard InChI is InChI=1S/C29H34N8O3/c1-29(40)11-4-3-5-12-36-27(39)22-18-30-28(33-26(22)37(36)25-8-6-7-24(29)32-25)31-21-9-10-23(20(17-21)19-38)35-15-13-34(2)14-16-35/h3,5-10,17-18,38,40H,4,11-16,19H2,1-2H3,(H,30,31,33)/b5-3-/t29-/m1/s1. The lowest BCUT2D eigenvalue weighted by Gasteiger charge is -2.35. The number of nitrogens with zero attached hydrogens (tertiary/aromatic N) is 7. The van der Waals surface area contributed by atoms with Crippen LogP contribution < -0.4 is 15.8 Å². The molecule has 4 aromatic rings. The molecule has 1 saturated heterocycles. The van der Waals surface area contributed by atoms with E-state index in [0.29, 0.717) is 47.9 Å². The number of fused-ring (bicyclic) bond motifs is 6. The quantitative estimate of drug-likeness (QED) is 0.334. The average Bonchev–Trinajstić information content (AvgIpc) is 3.23. The van der Waals surface area contributed by atoms with Crippen molar-refractivity contribution >= 4 is 28.4 Å². The second kappa shape index (κ2) is 10.5. The number of rotatable bonds is 4. The number of hydrogen-bond acceptors (Lipinski definition) is 9. The van der Waals surface area contributed by atoms with Crippen LogP contribution in [0.2, 0.25) is 0 Å². The smallest absolute Gasteiger partial charge is 0.278 e. The third-order valence-corrected chi connectivity index (χ3v) is 7.77. The molecule has 208 valence electrons. The van der Waals surface area contributed by atoms with Crippen LogP contribution in [0.1, 0.15) is 31.0 Å². The second-order valence-corrected chi connectivity index (χ2v) is 10.7. The Hall–Kier alpha value is -4.06. The number of anilines is 3. The molecule has 0 aliphatic carbocycles. The molecule has 2 aliphatic rings. The van der Waals surface area contributed by atoms with E-state index in [2.05, 4.69) is 27.1 Å². The van der Waals surface area contributed by atoms with Crippen LogP contribution >= 0.6 is 0 Å². The highest BCUT2D eigenvalue weighted by atomic mass is 16.3. The zero-order valence-electron chi connectivity index (χ0n) is 22.8. The Morgan fingerprint density at radius 3 is 2.70 bits per heavy atom. The Labute approximate surface area is 232 Å². The zero-order valence-corrected chi connectivity index (χ0v) is 22.8. The van der Waals surface area contributed by atoms with Crippen LogP contribution in [0.3, 0.4) is 0 Å². The number of pyridine rings is 1. The summed E-state index contributed by atoms with van der Waals surface area (Å²) < 4.78 is 3.27. The van der Waals surface area contributed by atoms with Gasteiger partial charge >= 0.3 is 0 Å². The first-order chi connectivity index (χ1) is 19.3. The molecule has 0 amide bonds. The van der Waals surface area contributed by atoms with Crippen LogP contribution in [0.25, 0.3) is 16.9 Å². The number of benzene rings is 1. The number of nitrogens with one attached hydrogen (secondary N) is 1. The van der Waals surface area contributed by atoms with E-state index in [1.165, 1.54) is 6.20 Å². The maximum atomic E-state index is 13.4. The first kappa shape index (κ1) is 26.2. The molecule has 1 aromatic carbocycles. The van der Waals surface area contributed by atoms with Crippen LogP contribution in [0.4, 0.5) is 17.3 Å². The number of piperazine rings is 1. The third kappa shape index (κ3) is 4.87. The molecule has 1 fully saturated rings. The van der Waals surface area contributed by atoms with Crippen molar-refractivity contribution in [3.63, 3.8) is 0 Å². The monoisotopic (exact) mass is 542 g/mol. The minimum Gasteiger partial charge on any atom is -0.392 e. The minimum absolute atomic E-state index is 0.0845. The maximum absolute atomic E-state index is 13.4. The Morgan fingerprint density at radius 2 is 1.90 bits per heavy atom. The number of aliphatic hydroxyl groups is 2. The molecule has 40 heavy (non-hydrogen) atoms. The van der Waals surface area contributed by atoms with Crippen LogP contribution in [-0.4, -0.2) is 72.7 Å². The van der Waals surface area contributed by atoms with Crippen molar-refractivity contribution in [3.05, 3.63) is 76.4 Å². The van der Waals surface area contributed by atoms with E-state index in [-0.39, 0.29) is 12.2 Å². The van der Waals surface area contributed by atoms with E-state index in [0.717, 1.165) is 43.1 Å². The Balaban J connectivity index is 1.39. The van der Waals surface area contributed by atoms with Crippen molar-refractivity contribution in [1.82, 2.24) is 29.2 Å². The number of aromatic nitrogens is 5. The largest absolute Gasteiger partial charge is 0.392 e. The lowest BCUT2D eigenvalue weighted by Crippen LogP contribution is -2.44. The van der Waals surface area contributed by atoms with Crippen molar-refractivity contribution in [2.75, 3.05) is 43.4 Å². The van der Waals surface area contributed by atoms with Crippen molar-refractivity contribution in [2.45, 2.75) is 38.5 Å². The van der Waals surface area contributed by atoms with Gasteiger partial charge in [0.2, 0.25) is 5.95 Å².